The van der Waals surface area contributed by atoms with Crippen LogP contribution >= 0.6 is 11.6 Å². The molecule has 0 spiro atoms. The average molecular weight is 395 g/mol. The summed E-state index contributed by atoms with van der Waals surface area (Å²) >= 11 is 6.61. The lowest BCUT2D eigenvalue weighted by atomic mass is 9.69. The number of carbonyl (C=O) groups is 1. The Hall–Kier alpha value is -1.30. The van der Waals surface area contributed by atoms with Gasteiger partial charge in [-0.1, -0.05) is 26.2 Å². The van der Waals surface area contributed by atoms with E-state index in [-0.39, 0.29) is 23.5 Å². The highest BCUT2D eigenvalue weighted by atomic mass is 35.5. The molecule has 1 saturated heterocycles. The Kier molecular flexibility index (Phi) is 5.62. The fraction of sp³-hybridized carbons (Fsp3) is 0.850. The zero-order valence-electron chi connectivity index (χ0n) is 16.4. The monoisotopic (exact) mass is 394 g/mol. The number of nitrogens with one attached hydrogen (secondary N) is 1. The van der Waals surface area contributed by atoms with Crippen LogP contribution in [0.15, 0.2) is 4.42 Å². The average Bonchev–Trinajstić information content (AvgIpc) is 3.02. The molecule has 2 amide bonds. The number of urea groups is 1. The number of rotatable bonds is 3. The molecule has 1 aliphatic heterocycles. The Morgan fingerprint density at radius 2 is 2.00 bits per heavy atom. The third-order valence-electron chi connectivity index (χ3n) is 6.85. The van der Waals surface area contributed by atoms with Gasteiger partial charge in [0.1, 0.15) is 6.04 Å². The van der Waals surface area contributed by atoms with E-state index in [1.165, 1.54) is 19.3 Å². The lowest BCUT2D eigenvalue weighted by Gasteiger charge is -2.43. The summed E-state index contributed by atoms with van der Waals surface area (Å²) in [6.07, 6.45) is 8.80. The Morgan fingerprint density at radius 3 is 2.67 bits per heavy atom. The lowest BCUT2D eigenvalue weighted by molar-refractivity contribution is 0.105. The first kappa shape index (κ1) is 19.0. The summed E-state index contributed by atoms with van der Waals surface area (Å²) in [6.45, 7) is 4.74. The molecule has 1 aromatic heterocycles. The number of nitrogens with zero attached hydrogens (tertiary/aromatic N) is 3. The molecular weight excluding hydrogens is 364 g/mol. The third kappa shape index (κ3) is 4.10. The first-order chi connectivity index (χ1) is 13.0. The molecule has 150 valence electrons. The van der Waals surface area contributed by atoms with E-state index in [4.69, 9.17) is 16.0 Å². The van der Waals surface area contributed by atoms with Crippen LogP contribution in [0.1, 0.15) is 76.1 Å². The van der Waals surface area contributed by atoms with Gasteiger partial charge in [0.25, 0.3) is 0 Å². The number of piperidine rings is 1. The normalized spacial score (nSPS) is 34.9. The summed E-state index contributed by atoms with van der Waals surface area (Å²) in [4.78, 5) is 15.0. The van der Waals surface area contributed by atoms with Crippen molar-refractivity contribution in [2.45, 2.75) is 82.7 Å². The Labute approximate surface area is 166 Å². The van der Waals surface area contributed by atoms with Crippen molar-refractivity contribution in [1.29, 1.82) is 0 Å². The summed E-state index contributed by atoms with van der Waals surface area (Å²) in [6, 6.07) is 0.109. The van der Waals surface area contributed by atoms with Gasteiger partial charge in [0.05, 0.1) is 0 Å². The molecule has 3 fully saturated rings. The summed E-state index contributed by atoms with van der Waals surface area (Å²) < 4.78 is 5.67. The van der Waals surface area contributed by atoms with Gasteiger partial charge in [0, 0.05) is 24.9 Å². The number of carbonyl (C=O) groups excluding carboxylic acids is 1. The van der Waals surface area contributed by atoms with Crippen molar-refractivity contribution in [1.82, 2.24) is 20.4 Å². The second-order valence-electron chi connectivity index (χ2n) is 8.83. The summed E-state index contributed by atoms with van der Waals surface area (Å²) in [5, 5.41) is 11.7. The van der Waals surface area contributed by atoms with Crippen LogP contribution in [-0.2, 0) is 0 Å². The van der Waals surface area contributed by atoms with Gasteiger partial charge in [-0.05, 0) is 49.9 Å². The molecule has 0 aromatic carbocycles. The van der Waals surface area contributed by atoms with Crippen LogP contribution in [0.3, 0.4) is 0 Å². The maximum Gasteiger partial charge on any atom is 0.318 e. The van der Waals surface area contributed by atoms with Gasteiger partial charge in [-0.3, -0.25) is 0 Å². The Bertz CT molecular complexity index is 660. The molecule has 4 rings (SSSR count). The minimum Gasteiger partial charge on any atom is -0.423 e. The molecule has 5 atom stereocenters. The molecule has 27 heavy (non-hydrogen) atoms. The zero-order valence-corrected chi connectivity index (χ0v) is 17.1. The molecule has 2 saturated carbocycles. The SMILES string of the molecule is Cc1nnc(C2C[C@H](C)CCN2C(=O)NC2CCC(Cl)C(C3CCC3)C2)o1. The molecule has 1 N–H and O–H groups in total. The van der Waals surface area contributed by atoms with Crippen LogP contribution in [0.5, 0.6) is 0 Å². The van der Waals surface area contributed by atoms with E-state index in [1.54, 1.807) is 6.92 Å². The summed E-state index contributed by atoms with van der Waals surface area (Å²) in [7, 11) is 0. The van der Waals surface area contributed by atoms with E-state index in [2.05, 4.69) is 22.4 Å². The van der Waals surface area contributed by atoms with Gasteiger partial charge >= 0.3 is 6.03 Å². The second kappa shape index (κ2) is 7.98. The number of aromatic nitrogens is 2. The van der Waals surface area contributed by atoms with Crippen LogP contribution in [0.25, 0.3) is 0 Å². The highest BCUT2D eigenvalue weighted by Crippen LogP contribution is 2.43. The topological polar surface area (TPSA) is 71.3 Å². The Balaban J connectivity index is 1.41. The molecular formula is C20H31ClN4O2. The van der Waals surface area contributed by atoms with Gasteiger partial charge in [0.2, 0.25) is 11.8 Å². The number of halogens is 1. The maximum atomic E-state index is 13.1. The largest absolute Gasteiger partial charge is 0.423 e. The molecule has 1 aromatic rings. The number of aryl methyl sites for hydroxylation is 1. The molecule has 0 bridgehead atoms. The predicted octanol–water partition coefficient (Wildman–Crippen LogP) is 4.44. The zero-order chi connectivity index (χ0) is 19.0. The van der Waals surface area contributed by atoms with Gasteiger partial charge in [-0.15, -0.1) is 21.8 Å². The quantitative estimate of drug-likeness (QED) is 0.769. The van der Waals surface area contributed by atoms with Crippen LogP contribution in [-0.4, -0.2) is 39.1 Å². The van der Waals surface area contributed by atoms with Crippen molar-refractivity contribution in [3.05, 3.63) is 11.8 Å². The third-order valence-corrected chi connectivity index (χ3v) is 7.39. The van der Waals surface area contributed by atoms with Crippen molar-refractivity contribution in [2.75, 3.05) is 6.54 Å². The lowest BCUT2D eigenvalue weighted by Crippen LogP contribution is -2.51. The highest BCUT2D eigenvalue weighted by Gasteiger charge is 2.39. The second-order valence-corrected chi connectivity index (χ2v) is 9.39. The molecule has 2 aliphatic carbocycles. The highest BCUT2D eigenvalue weighted by molar-refractivity contribution is 6.20. The van der Waals surface area contributed by atoms with Crippen molar-refractivity contribution < 1.29 is 9.21 Å². The number of alkyl halides is 1. The molecule has 3 aliphatic rings. The molecule has 2 heterocycles. The minimum absolute atomic E-state index is 0.00753. The number of hydrogen-bond donors (Lipinski definition) is 1. The Morgan fingerprint density at radius 1 is 1.19 bits per heavy atom. The van der Waals surface area contributed by atoms with Gasteiger partial charge in [-0.25, -0.2) is 4.79 Å². The van der Waals surface area contributed by atoms with Crippen LogP contribution in [0, 0.1) is 24.7 Å². The van der Waals surface area contributed by atoms with Gasteiger partial charge < -0.3 is 14.6 Å². The van der Waals surface area contributed by atoms with Gasteiger partial charge in [0.15, 0.2) is 0 Å². The minimum atomic E-state index is -0.123. The van der Waals surface area contributed by atoms with E-state index in [9.17, 15) is 4.79 Å². The summed E-state index contributed by atoms with van der Waals surface area (Å²) in [5.41, 5.74) is 0. The van der Waals surface area contributed by atoms with E-state index < -0.39 is 0 Å². The molecule has 0 radical (unpaired) electrons. The fourth-order valence-electron chi connectivity index (χ4n) is 4.98. The first-order valence-corrected chi connectivity index (χ1v) is 11.0. The van der Waals surface area contributed by atoms with Crippen LogP contribution in [0.2, 0.25) is 0 Å². The number of hydrogen-bond acceptors (Lipinski definition) is 4. The first-order valence-electron chi connectivity index (χ1n) is 10.5. The van der Waals surface area contributed by atoms with Crippen LogP contribution < -0.4 is 5.32 Å². The smallest absolute Gasteiger partial charge is 0.318 e. The summed E-state index contributed by atoms with van der Waals surface area (Å²) in [5.74, 6) is 2.96. The van der Waals surface area contributed by atoms with E-state index in [0.717, 1.165) is 44.6 Å². The van der Waals surface area contributed by atoms with E-state index in [1.807, 2.05) is 4.90 Å². The van der Waals surface area contributed by atoms with Gasteiger partial charge in [-0.2, -0.15) is 0 Å². The van der Waals surface area contributed by atoms with E-state index >= 15 is 0 Å². The fourth-order valence-corrected chi connectivity index (χ4v) is 5.41. The standard InChI is InChI=1S/C20H31ClN4O2/c1-12-8-9-25(18(10-12)19-24-23-13(2)27-19)20(26)22-15-6-7-17(21)16(11-15)14-4-3-5-14/h12,14-18H,3-11H2,1-2H3,(H,22,26)/t12-,15?,16?,17?,18?/m1/s1. The molecule has 6 nitrogen and oxygen atoms in total. The maximum absolute atomic E-state index is 13.1. The predicted molar refractivity (Wildman–Crippen MR) is 104 cm³/mol. The molecule has 4 unspecified atom stereocenters. The van der Waals surface area contributed by atoms with Crippen molar-refractivity contribution in [3.8, 4) is 0 Å². The van der Waals surface area contributed by atoms with E-state index in [0.29, 0.717) is 23.6 Å². The number of likely N-dealkylation sites (tertiary alicyclic amines) is 1. The number of amides is 2. The van der Waals surface area contributed by atoms with Crippen LogP contribution in [0.4, 0.5) is 4.79 Å². The van der Waals surface area contributed by atoms with Crippen molar-refractivity contribution in [3.63, 3.8) is 0 Å². The van der Waals surface area contributed by atoms with Crippen molar-refractivity contribution in [2.24, 2.45) is 17.8 Å². The van der Waals surface area contributed by atoms with Crippen molar-refractivity contribution >= 4 is 17.6 Å². The molecule has 7 heteroatoms.